The highest BCUT2D eigenvalue weighted by Gasteiger charge is 2.27. The number of rotatable bonds is 27. The van der Waals surface area contributed by atoms with E-state index in [1.54, 1.807) is 66.3 Å². The summed E-state index contributed by atoms with van der Waals surface area (Å²) in [4.78, 5) is 56.5. The fourth-order valence-electron chi connectivity index (χ4n) is 9.97. The second kappa shape index (κ2) is 58.5. The van der Waals surface area contributed by atoms with Gasteiger partial charge in [-0.05, 0) is 195 Å². The summed E-state index contributed by atoms with van der Waals surface area (Å²) in [6, 6.07) is 61.6. The van der Waals surface area contributed by atoms with E-state index in [-0.39, 0.29) is 27.1 Å². The number of esters is 4. The number of halogens is 5. The van der Waals surface area contributed by atoms with Gasteiger partial charge in [-0.15, -0.1) is 47.3 Å². The monoisotopic (exact) mass is 1700 g/mol. The van der Waals surface area contributed by atoms with Crippen LogP contribution < -0.4 is 34.9 Å². The molecule has 0 radical (unpaired) electrons. The van der Waals surface area contributed by atoms with Crippen molar-refractivity contribution in [2.24, 2.45) is 0 Å². The minimum atomic E-state index is -2.24. The average Bonchev–Trinajstić information content (AvgIpc) is 0.755. The number of carbonyl (C=O) groups excluding carboxylic acids is 5. The number of ether oxygens (including phenoxy) is 9. The highest BCUT2D eigenvalue weighted by atomic mass is 79.9. The summed E-state index contributed by atoms with van der Waals surface area (Å²) in [6.45, 7) is 16.9. The molecule has 1 N–H and O–H groups in total. The van der Waals surface area contributed by atoms with Gasteiger partial charge in [0.05, 0.1) is 54.9 Å². The van der Waals surface area contributed by atoms with Crippen LogP contribution in [-0.2, 0) is 87.8 Å². The summed E-state index contributed by atoms with van der Waals surface area (Å²) in [7, 11) is 8.10. The van der Waals surface area contributed by atoms with Crippen molar-refractivity contribution in [1.82, 2.24) is 0 Å². The van der Waals surface area contributed by atoms with Gasteiger partial charge in [0.25, 0.3) is 0 Å². The fourth-order valence-corrected chi connectivity index (χ4v) is 13.6. The molecule has 15 nitrogen and oxygen atoms in total. The summed E-state index contributed by atoms with van der Waals surface area (Å²) >= 11 is 19.3. The van der Waals surface area contributed by atoms with Crippen LogP contribution in [0.25, 0.3) is 6.08 Å². The lowest BCUT2D eigenvalue weighted by Crippen LogP contribution is -2.29. The Balaban J connectivity index is 0.000000633. The predicted octanol–water partition coefficient (Wildman–Crippen LogP) is 19.3. The topological polar surface area (TPSA) is 189 Å². The molecule has 0 aliphatic carbocycles. The molecule has 8 aromatic carbocycles. The predicted molar refractivity (Wildman–Crippen MR) is 451 cm³/mol. The largest absolute Gasteiger partial charge is 0.508 e. The Morgan fingerprint density at radius 3 is 1.15 bits per heavy atom. The number of alkyl halides is 2. The Labute approximate surface area is 665 Å². The Bertz CT molecular complexity index is 3740. The number of hydrogen-bond acceptors (Lipinski definition) is 15. The summed E-state index contributed by atoms with van der Waals surface area (Å²) in [5, 5.41) is 12.3. The van der Waals surface area contributed by atoms with Crippen LogP contribution in [0, 0.1) is 0 Å². The molecule has 0 atom stereocenters. The van der Waals surface area contributed by atoms with Crippen LogP contribution in [-0.4, -0.2) is 111 Å². The van der Waals surface area contributed by atoms with Crippen LogP contribution >= 0.6 is 77.4 Å². The molecule has 0 saturated heterocycles. The maximum Gasteiger partial charge on any atom is 0.369 e. The molecule has 0 amide bonds. The molecular formula is C84H105BBr3Cl2O15P. The van der Waals surface area contributed by atoms with Gasteiger partial charge in [0.15, 0.2) is 0 Å². The first kappa shape index (κ1) is 96.4. The lowest BCUT2D eigenvalue weighted by Gasteiger charge is -2.28. The van der Waals surface area contributed by atoms with Gasteiger partial charge in [-0.1, -0.05) is 197 Å². The van der Waals surface area contributed by atoms with Crippen LogP contribution in [0.4, 0.5) is 0 Å². The fraction of sp³-hybridized carbons (Fsp3) is 0.333. The molecule has 22 heteroatoms. The maximum atomic E-state index is 12.5. The van der Waals surface area contributed by atoms with Gasteiger partial charge < -0.3 is 47.7 Å². The average molecular weight is 1710 g/mol. The van der Waals surface area contributed by atoms with Crippen LogP contribution in [0.3, 0.4) is 0 Å². The second-order valence-electron chi connectivity index (χ2n) is 22.0. The molecule has 106 heavy (non-hydrogen) atoms. The number of aryl methyl sites for hydroxylation is 7. The van der Waals surface area contributed by atoms with E-state index >= 15 is 0 Å². The first-order valence-corrected chi connectivity index (χ1v) is 40.4. The number of aldehydes is 1. The SMILES string of the molecule is BrB(Br)Br.CCOC(=O)/C=C/c1ccc(OC)c(CC)c1.CCOC(=O)C=P(c1ccccc1)(c1ccccc1)c1ccccc1.CCOC(=O)CCc1ccc(O)c(CC)c1.CCOC(=O)CCc1ccc(OC)c(CC)c1.CCc1cc(C=O)ccc1OC.CCc1ccccc1OC.COC(Cl)Cl. The Hall–Kier alpha value is -7.61. The molecule has 0 aliphatic rings. The summed E-state index contributed by atoms with van der Waals surface area (Å²) in [5.74, 6) is 4.85. The van der Waals surface area contributed by atoms with Crippen LogP contribution in [0.1, 0.15) is 130 Å². The van der Waals surface area contributed by atoms with E-state index in [9.17, 15) is 29.1 Å². The standard InChI is InChI=1S/C22H21O2P.C14H20O3.C14H18O3.C13H18O3.C10H12O2.C9H12O.C2H4Cl2O.BBr3/c1-2-24-22(23)18-25(19-12-6-3-7-13-19,20-14-8-4-9-15-20)21-16-10-5-11-17-21;2*1-4-12-10-11(6-8-13(12)16-3)7-9-14(15)17-5-2;1-3-11-9-10(5-7-12(11)14)6-8-13(15)16-4-2;1-3-9-6-8(7-11)4-5-10(9)12-2;1-3-8-6-4-5-7-9(8)10-2;1-5-2(3)4;2-1(3)4/h3-18H,2H2,1H3;6,8,10H,4-5,7,9H2,1-3H3;6-10H,4-5H2,1-3H3;5,7,9,14H,3-4,6,8H2,1-2H3;4-7H,3H2,1-2H3;4-7H,3H2,1-2H3;2H,1H3;/b;;9-7+;;;;;. The highest BCUT2D eigenvalue weighted by Crippen LogP contribution is 2.43. The third kappa shape index (κ3) is 38.3. The third-order valence-corrected chi connectivity index (χ3v) is 19.4. The number of para-hydroxylation sites is 1. The summed E-state index contributed by atoms with van der Waals surface area (Å²) in [6.07, 6.45) is 10.8. The minimum Gasteiger partial charge on any atom is -0.508 e. The molecule has 0 saturated carbocycles. The zero-order valence-corrected chi connectivity index (χ0v) is 70.7. The molecule has 0 fully saturated rings. The quantitative estimate of drug-likeness (QED) is 0.00973. The van der Waals surface area contributed by atoms with E-state index in [1.807, 2.05) is 155 Å². The minimum absolute atomic E-state index is 0.138. The van der Waals surface area contributed by atoms with Crippen molar-refractivity contribution in [2.75, 3.05) is 62.0 Å². The van der Waals surface area contributed by atoms with Gasteiger partial charge in [-0.2, -0.15) is 0 Å². The van der Waals surface area contributed by atoms with Crippen molar-refractivity contribution in [3.8, 4) is 28.7 Å². The van der Waals surface area contributed by atoms with E-state index in [1.165, 1.54) is 24.3 Å². The van der Waals surface area contributed by atoms with E-state index in [0.29, 0.717) is 57.0 Å². The Kier molecular flexibility index (Phi) is 53.2. The second-order valence-corrected chi connectivity index (χ2v) is 32.7. The molecular weight excluding hydrogens is 1600 g/mol. The number of phenolic OH excluding ortho intramolecular Hbond substituents is 1. The van der Waals surface area contributed by atoms with Crippen molar-refractivity contribution >= 4 is 138 Å². The molecule has 8 aromatic rings. The van der Waals surface area contributed by atoms with E-state index in [0.717, 1.165) is 117 Å². The smallest absolute Gasteiger partial charge is 0.369 e. The lowest BCUT2D eigenvalue weighted by molar-refractivity contribution is -0.144. The molecule has 0 spiro atoms. The molecule has 8 rings (SSSR count). The first-order valence-electron chi connectivity index (χ1n) is 34.9. The first-order chi connectivity index (χ1) is 51.0. The highest BCUT2D eigenvalue weighted by molar-refractivity contribution is 9.69. The molecule has 574 valence electrons. The van der Waals surface area contributed by atoms with Gasteiger partial charge in [-0.3, -0.25) is 14.4 Å². The van der Waals surface area contributed by atoms with Gasteiger partial charge in [0.2, 0.25) is 5.02 Å². The number of phenols is 1. The number of carbonyl (C=O) groups is 5. The molecule has 0 unspecified atom stereocenters. The number of methoxy groups -OCH3 is 5. The molecule has 0 bridgehead atoms. The van der Waals surface area contributed by atoms with Crippen LogP contribution in [0.15, 0.2) is 194 Å². The van der Waals surface area contributed by atoms with Crippen molar-refractivity contribution in [3.63, 3.8) is 0 Å². The maximum absolute atomic E-state index is 12.5. The van der Waals surface area contributed by atoms with Crippen molar-refractivity contribution in [2.45, 2.75) is 125 Å². The normalized spacial score (nSPS) is 10.1. The Morgan fingerprint density at radius 1 is 0.434 bits per heavy atom. The van der Waals surface area contributed by atoms with Crippen molar-refractivity contribution in [3.05, 3.63) is 244 Å². The van der Waals surface area contributed by atoms with Gasteiger partial charge in [-0.25, -0.2) is 9.59 Å². The number of aromatic hydroxyl groups is 1. The zero-order valence-electron chi connectivity index (χ0n) is 63.6. The Morgan fingerprint density at radius 2 is 0.774 bits per heavy atom. The van der Waals surface area contributed by atoms with Gasteiger partial charge in [0.1, 0.15) is 35.0 Å². The number of benzene rings is 8. The van der Waals surface area contributed by atoms with E-state index in [2.05, 4.69) is 121 Å². The van der Waals surface area contributed by atoms with Gasteiger partial charge in [0, 0.05) is 37.4 Å². The zero-order chi connectivity index (χ0) is 79.1. The van der Waals surface area contributed by atoms with Crippen LogP contribution in [0.2, 0.25) is 0 Å². The lowest BCUT2D eigenvalue weighted by atomic mass is 10.0. The molecule has 0 aliphatic heterocycles. The molecule has 0 heterocycles. The third-order valence-electron chi connectivity index (χ3n) is 15.1. The van der Waals surface area contributed by atoms with Crippen LogP contribution in [0.5, 0.6) is 28.7 Å². The number of hydrogen-bond donors (Lipinski definition) is 1. The van der Waals surface area contributed by atoms with Crippen molar-refractivity contribution < 1.29 is 71.7 Å². The van der Waals surface area contributed by atoms with E-state index in [4.69, 9.17) is 61.1 Å². The summed E-state index contributed by atoms with van der Waals surface area (Å²) in [5.41, 5.74) is 9.43. The van der Waals surface area contributed by atoms with Crippen molar-refractivity contribution in [1.29, 1.82) is 0 Å². The van der Waals surface area contributed by atoms with Gasteiger partial charge >= 0.3 is 27.1 Å². The molecule has 0 aromatic heterocycles. The van der Waals surface area contributed by atoms with E-state index < -0.39 is 11.9 Å². The summed E-state index contributed by atoms with van der Waals surface area (Å²) < 4.78 is 45.2.